The van der Waals surface area contributed by atoms with Gasteiger partial charge in [-0.25, -0.2) is 0 Å². The fourth-order valence-corrected chi connectivity index (χ4v) is 0.919. The molecule has 14 heavy (non-hydrogen) atoms. The number of nitrogens with one attached hydrogen (secondary N) is 1. The molecule has 0 aromatic heterocycles. The van der Waals surface area contributed by atoms with Crippen LogP contribution < -0.4 is 5.48 Å². The van der Waals surface area contributed by atoms with E-state index < -0.39 is 4.92 Å². The Kier molecular flexibility index (Phi) is 3.87. The Morgan fingerprint density at radius 2 is 2.36 bits per heavy atom. The molecule has 0 aliphatic carbocycles. The summed E-state index contributed by atoms with van der Waals surface area (Å²) in [5, 5.41) is 10.4. The quantitative estimate of drug-likeness (QED) is 0.446. The average molecular weight is 196 g/mol. The third-order valence-electron chi connectivity index (χ3n) is 1.55. The van der Waals surface area contributed by atoms with E-state index in [4.69, 9.17) is 4.84 Å². The number of hydrogen-bond acceptors (Lipinski definition) is 4. The Morgan fingerprint density at radius 3 is 3.00 bits per heavy atom. The summed E-state index contributed by atoms with van der Waals surface area (Å²) in [4.78, 5) is 15.0. The molecule has 0 spiro atoms. The molecule has 76 valence electrons. The lowest BCUT2D eigenvalue weighted by Gasteiger charge is -2.04. The van der Waals surface area contributed by atoms with Gasteiger partial charge in [-0.3, -0.25) is 20.4 Å². The smallest absolute Gasteiger partial charge is 0.271 e. The third kappa shape index (κ3) is 3.02. The third-order valence-corrected chi connectivity index (χ3v) is 1.55. The zero-order valence-corrected chi connectivity index (χ0v) is 7.90. The van der Waals surface area contributed by atoms with Crippen LogP contribution in [0.25, 0.3) is 0 Å². The highest BCUT2D eigenvalue weighted by Gasteiger charge is 2.04. The van der Waals surface area contributed by atoms with Crippen LogP contribution in [0.1, 0.15) is 13.3 Å². The summed E-state index contributed by atoms with van der Waals surface area (Å²) < 4.78 is 0. The van der Waals surface area contributed by atoms with Crippen molar-refractivity contribution >= 4 is 11.4 Å². The van der Waals surface area contributed by atoms with Crippen LogP contribution in [0.3, 0.4) is 0 Å². The van der Waals surface area contributed by atoms with Crippen molar-refractivity contribution in [2.45, 2.75) is 13.3 Å². The first kappa shape index (κ1) is 10.5. The van der Waals surface area contributed by atoms with Crippen LogP contribution in [-0.4, -0.2) is 11.5 Å². The summed E-state index contributed by atoms with van der Waals surface area (Å²) in [6.45, 7) is 2.55. The molecule has 0 bridgehead atoms. The van der Waals surface area contributed by atoms with E-state index in [1.165, 1.54) is 12.1 Å². The molecule has 0 radical (unpaired) electrons. The van der Waals surface area contributed by atoms with Crippen molar-refractivity contribution in [3.05, 3.63) is 34.4 Å². The largest absolute Gasteiger partial charge is 0.276 e. The first-order valence-corrected chi connectivity index (χ1v) is 4.36. The second-order valence-electron chi connectivity index (χ2n) is 2.76. The molecule has 0 unspecified atom stereocenters. The predicted molar refractivity (Wildman–Crippen MR) is 53.0 cm³/mol. The maximum atomic E-state index is 10.4. The van der Waals surface area contributed by atoms with Gasteiger partial charge in [-0.15, -0.1) is 0 Å². The van der Waals surface area contributed by atoms with Gasteiger partial charge in [-0.05, 0) is 12.5 Å². The van der Waals surface area contributed by atoms with Gasteiger partial charge in [-0.2, -0.15) is 0 Å². The Balaban J connectivity index is 2.59. The molecule has 0 saturated carbocycles. The zero-order valence-electron chi connectivity index (χ0n) is 7.90. The van der Waals surface area contributed by atoms with Crippen LogP contribution in [0, 0.1) is 10.1 Å². The van der Waals surface area contributed by atoms with Crippen molar-refractivity contribution in [2.24, 2.45) is 0 Å². The number of nitro benzene ring substituents is 1. The molecule has 1 aromatic carbocycles. The Bertz CT molecular complexity index is 315. The Labute approximate surface area is 81.8 Å². The minimum atomic E-state index is -0.439. The fraction of sp³-hybridized carbons (Fsp3) is 0.333. The predicted octanol–water partition coefficient (Wildman–Crippen LogP) is 2.35. The number of nitro groups is 1. The molecule has 0 amide bonds. The summed E-state index contributed by atoms with van der Waals surface area (Å²) in [5.74, 6) is 0. The number of anilines is 1. The highest BCUT2D eigenvalue weighted by Crippen LogP contribution is 2.16. The van der Waals surface area contributed by atoms with Crippen LogP contribution in [0.2, 0.25) is 0 Å². The van der Waals surface area contributed by atoms with Crippen molar-refractivity contribution in [1.82, 2.24) is 0 Å². The van der Waals surface area contributed by atoms with Crippen molar-refractivity contribution in [1.29, 1.82) is 0 Å². The van der Waals surface area contributed by atoms with Crippen molar-refractivity contribution in [3.8, 4) is 0 Å². The molecule has 1 rings (SSSR count). The minimum absolute atomic E-state index is 0.0510. The summed E-state index contributed by atoms with van der Waals surface area (Å²) in [6, 6.07) is 6.18. The van der Waals surface area contributed by atoms with Gasteiger partial charge < -0.3 is 0 Å². The zero-order chi connectivity index (χ0) is 10.4. The monoisotopic (exact) mass is 196 g/mol. The molecule has 0 aliphatic heterocycles. The van der Waals surface area contributed by atoms with Crippen LogP contribution in [0.15, 0.2) is 24.3 Å². The summed E-state index contributed by atoms with van der Waals surface area (Å²) in [5.41, 5.74) is 3.28. The molecule has 0 heterocycles. The minimum Gasteiger partial charge on any atom is -0.276 e. The lowest BCUT2D eigenvalue weighted by molar-refractivity contribution is -0.384. The number of rotatable bonds is 5. The van der Waals surface area contributed by atoms with E-state index in [0.717, 1.165) is 6.42 Å². The van der Waals surface area contributed by atoms with Crippen molar-refractivity contribution < 1.29 is 9.76 Å². The molecule has 5 heteroatoms. The lowest BCUT2D eigenvalue weighted by atomic mass is 10.3. The Morgan fingerprint density at radius 1 is 1.57 bits per heavy atom. The molecule has 0 aliphatic rings. The van der Waals surface area contributed by atoms with Gasteiger partial charge in [0.1, 0.15) is 0 Å². The maximum absolute atomic E-state index is 10.4. The van der Waals surface area contributed by atoms with Gasteiger partial charge in [0.15, 0.2) is 0 Å². The van der Waals surface area contributed by atoms with Crippen LogP contribution >= 0.6 is 0 Å². The van der Waals surface area contributed by atoms with E-state index in [2.05, 4.69) is 5.48 Å². The highest BCUT2D eigenvalue weighted by atomic mass is 16.6. The fourth-order valence-electron chi connectivity index (χ4n) is 0.919. The Hall–Kier alpha value is -1.62. The summed E-state index contributed by atoms with van der Waals surface area (Å²) in [7, 11) is 0. The van der Waals surface area contributed by atoms with Crippen LogP contribution in [-0.2, 0) is 4.84 Å². The van der Waals surface area contributed by atoms with E-state index in [1.807, 2.05) is 6.92 Å². The first-order valence-electron chi connectivity index (χ1n) is 4.36. The maximum Gasteiger partial charge on any atom is 0.271 e. The molecule has 0 fully saturated rings. The van der Waals surface area contributed by atoms with E-state index >= 15 is 0 Å². The van der Waals surface area contributed by atoms with E-state index in [0.29, 0.717) is 12.3 Å². The average Bonchev–Trinajstić information content (AvgIpc) is 2.19. The molecule has 0 atom stereocenters. The van der Waals surface area contributed by atoms with E-state index in [-0.39, 0.29) is 5.69 Å². The van der Waals surface area contributed by atoms with Gasteiger partial charge in [0.25, 0.3) is 5.69 Å². The second-order valence-corrected chi connectivity index (χ2v) is 2.76. The lowest BCUT2D eigenvalue weighted by Crippen LogP contribution is -2.02. The molecular weight excluding hydrogens is 184 g/mol. The van der Waals surface area contributed by atoms with Crippen LogP contribution in [0.4, 0.5) is 11.4 Å². The highest BCUT2D eigenvalue weighted by molar-refractivity contribution is 5.49. The number of hydrogen-bond donors (Lipinski definition) is 1. The van der Waals surface area contributed by atoms with E-state index in [1.54, 1.807) is 12.1 Å². The van der Waals surface area contributed by atoms with Crippen molar-refractivity contribution in [3.63, 3.8) is 0 Å². The first-order chi connectivity index (χ1) is 6.74. The topological polar surface area (TPSA) is 64.4 Å². The summed E-state index contributed by atoms with van der Waals surface area (Å²) in [6.07, 6.45) is 0.891. The SMILES string of the molecule is CCCONc1cccc([N+](=O)[O-])c1. The number of non-ortho nitro benzene ring substituents is 1. The molecule has 5 nitrogen and oxygen atoms in total. The standard InChI is InChI=1S/C9H12N2O3/c1-2-6-14-10-8-4-3-5-9(7-8)11(12)13/h3-5,7,10H,2,6H2,1H3. The van der Waals surface area contributed by atoms with Crippen molar-refractivity contribution in [2.75, 3.05) is 12.1 Å². The number of nitrogens with zero attached hydrogens (tertiary/aromatic N) is 1. The molecule has 1 aromatic rings. The van der Waals surface area contributed by atoms with E-state index in [9.17, 15) is 10.1 Å². The van der Waals surface area contributed by atoms with Gasteiger partial charge in [-0.1, -0.05) is 13.0 Å². The van der Waals surface area contributed by atoms with Gasteiger partial charge in [0, 0.05) is 12.1 Å². The molecular formula is C9H12N2O3. The molecule has 0 saturated heterocycles. The van der Waals surface area contributed by atoms with Gasteiger partial charge >= 0.3 is 0 Å². The normalized spacial score (nSPS) is 9.79. The second kappa shape index (κ2) is 5.18. The van der Waals surface area contributed by atoms with Gasteiger partial charge in [0.2, 0.25) is 0 Å². The molecule has 1 N–H and O–H groups in total. The van der Waals surface area contributed by atoms with Gasteiger partial charge in [0.05, 0.1) is 17.2 Å². The number of benzene rings is 1. The van der Waals surface area contributed by atoms with Crippen LogP contribution in [0.5, 0.6) is 0 Å². The summed E-state index contributed by atoms with van der Waals surface area (Å²) >= 11 is 0.